The van der Waals surface area contributed by atoms with Crippen molar-refractivity contribution in [2.24, 2.45) is 10.3 Å². The zero-order valence-electron chi connectivity index (χ0n) is 17.8. The number of hydrogen-bond donors (Lipinski definition) is 2. The number of rotatable bonds is 10. The lowest BCUT2D eigenvalue weighted by Gasteiger charge is -2.09. The van der Waals surface area contributed by atoms with Crippen molar-refractivity contribution in [3.8, 4) is 0 Å². The Morgan fingerprint density at radius 3 is 2.30 bits per heavy atom. The molecule has 9 heteroatoms. The van der Waals surface area contributed by atoms with Crippen LogP contribution < -0.4 is 10.5 Å². The molecule has 0 atom stereocenters. The molecule has 0 spiro atoms. The lowest BCUT2D eigenvalue weighted by Crippen LogP contribution is -2.34. The van der Waals surface area contributed by atoms with Crippen LogP contribution >= 0.6 is 15.9 Å². The Bertz CT molecular complexity index is 1210. The molecule has 3 aromatic rings. The molecule has 1 amide bonds. The number of amides is 1. The molecule has 0 saturated heterocycles. The highest BCUT2D eigenvalue weighted by Gasteiger charge is 2.14. The molecule has 0 aromatic heterocycles. The van der Waals surface area contributed by atoms with Gasteiger partial charge in [-0.15, -0.1) is 0 Å². The van der Waals surface area contributed by atoms with Crippen molar-refractivity contribution in [3.63, 3.8) is 0 Å². The van der Waals surface area contributed by atoms with E-state index in [1.54, 1.807) is 12.1 Å². The topological polar surface area (TPSA) is 111 Å². The molecule has 3 rings (SSSR count). The number of benzene rings is 3. The second-order valence-corrected chi connectivity index (χ2v) is 9.78. The van der Waals surface area contributed by atoms with Crippen LogP contribution in [0.3, 0.4) is 0 Å². The van der Waals surface area contributed by atoms with Crippen molar-refractivity contribution >= 4 is 37.6 Å². The van der Waals surface area contributed by atoms with Gasteiger partial charge in [-0.25, -0.2) is 13.6 Å². The number of primary sulfonamides is 1. The van der Waals surface area contributed by atoms with Crippen LogP contribution in [-0.4, -0.2) is 26.6 Å². The quantitative estimate of drug-likeness (QED) is 0.309. The molecular weight excluding hydrogens is 506 g/mol. The van der Waals surface area contributed by atoms with Gasteiger partial charge in [-0.05, 0) is 47.4 Å². The van der Waals surface area contributed by atoms with Crippen LogP contribution in [0, 0.1) is 0 Å². The van der Waals surface area contributed by atoms with Crippen LogP contribution in [0.25, 0.3) is 0 Å². The van der Waals surface area contributed by atoms with Gasteiger partial charge >= 0.3 is 0 Å². The monoisotopic (exact) mass is 529 g/mol. The number of carbonyl (C=O) groups excluding carboxylic acids is 1. The number of halogens is 1. The summed E-state index contributed by atoms with van der Waals surface area (Å²) < 4.78 is 23.6. The van der Waals surface area contributed by atoms with E-state index in [2.05, 4.69) is 26.4 Å². The van der Waals surface area contributed by atoms with Gasteiger partial charge in [-0.1, -0.05) is 75.7 Å². The van der Waals surface area contributed by atoms with Gasteiger partial charge in [0.1, 0.15) is 12.3 Å². The highest BCUT2D eigenvalue weighted by molar-refractivity contribution is 9.10. The molecule has 0 aliphatic heterocycles. The Labute approximate surface area is 201 Å². The number of hydrogen-bond acceptors (Lipinski definition) is 5. The number of nitrogens with zero attached hydrogens (tertiary/aromatic N) is 1. The molecule has 0 unspecified atom stereocenters. The number of oxime groups is 1. The summed E-state index contributed by atoms with van der Waals surface area (Å²) in [7, 11) is -3.73. The van der Waals surface area contributed by atoms with Crippen molar-refractivity contribution in [1.82, 2.24) is 5.32 Å². The zero-order chi connectivity index (χ0) is 23.7. The van der Waals surface area contributed by atoms with Gasteiger partial charge in [0.2, 0.25) is 10.0 Å². The average Bonchev–Trinajstić information content (AvgIpc) is 2.79. The smallest absolute Gasteiger partial charge is 0.269 e. The van der Waals surface area contributed by atoms with Crippen LogP contribution in [0.4, 0.5) is 0 Å². The fraction of sp³-hybridized carbons (Fsp3) is 0.167. The van der Waals surface area contributed by atoms with Gasteiger partial charge in [0.05, 0.1) is 4.90 Å². The maximum absolute atomic E-state index is 12.8. The van der Waals surface area contributed by atoms with E-state index in [0.717, 1.165) is 21.2 Å². The van der Waals surface area contributed by atoms with Crippen molar-refractivity contribution in [2.75, 3.05) is 6.54 Å². The molecule has 0 bridgehead atoms. The molecule has 7 nitrogen and oxygen atoms in total. The first-order valence-electron chi connectivity index (χ1n) is 10.2. The van der Waals surface area contributed by atoms with Crippen LogP contribution in [0.1, 0.15) is 16.7 Å². The average molecular weight is 530 g/mol. The van der Waals surface area contributed by atoms with Crippen LogP contribution in [0.2, 0.25) is 0 Å². The van der Waals surface area contributed by atoms with Gasteiger partial charge < -0.3 is 10.2 Å². The summed E-state index contributed by atoms with van der Waals surface area (Å²) in [4.78, 5) is 18.3. The van der Waals surface area contributed by atoms with Gasteiger partial charge in [0.25, 0.3) is 5.91 Å². The van der Waals surface area contributed by atoms with Crippen molar-refractivity contribution in [1.29, 1.82) is 0 Å². The predicted molar refractivity (Wildman–Crippen MR) is 131 cm³/mol. The van der Waals surface area contributed by atoms with Crippen molar-refractivity contribution < 1.29 is 18.0 Å². The third-order valence-electron chi connectivity index (χ3n) is 4.72. The molecule has 3 aromatic carbocycles. The van der Waals surface area contributed by atoms with Gasteiger partial charge in [0.15, 0.2) is 0 Å². The molecule has 0 aliphatic rings. The first kappa shape index (κ1) is 24.6. The van der Waals surface area contributed by atoms with Crippen LogP contribution in [0.15, 0.2) is 93.4 Å². The van der Waals surface area contributed by atoms with E-state index in [9.17, 15) is 13.2 Å². The second-order valence-electron chi connectivity index (χ2n) is 7.30. The van der Waals surface area contributed by atoms with E-state index in [0.29, 0.717) is 19.4 Å². The van der Waals surface area contributed by atoms with Gasteiger partial charge in [-0.3, -0.25) is 4.79 Å². The van der Waals surface area contributed by atoms with Crippen molar-refractivity contribution in [2.45, 2.75) is 24.3 Å². The van der Waals surface area contributed by atoms with Gasteiger partial charge in [0, 0.05) is 17.4 Å². The summed E-state index contributed by atoms with van der Waals surface area (Å²) in [6.07, 6.45) is 0.828. The Morgan fingerprint density at radius 1 is 0.939 bits per heavy atom. The number of nitrogens with one attached hydrogen (secondary N) is 1. The minimum Gasteiger partial charge on any atom is -0.391 e. The lowest BCUT2D eigenvalue weighted by molar-refractivity contribution is -0.115. The lowest BCUT2D eigenvalue weighted by atomic mass is 10.1. The molecule has 0 aliphatic carbocycles. The minimum atomic E-state index is -3.73. The first-order chi connectivity index (χ1) is 15.8. The summed E-state index contributed by atoms with van der Waals surface area (Å²) in [5, 5.41) is 12.1. The maximum Gasteiger partial charge on any atom is 0.269 e. The zero-order valence-corrected chi connectivity index (χ0v) is 20.2. The fourth-order valence-electron chi connectivity index (χ4n) is 3.02. The molecule has 0 radical (unpaired) electrons. The van der Waals surface area contributed by atoms with Crippen LogP contribution in [-0.2, 0) is 39.1 Å². The standard InChI is InChI=1S/C24H24BrN3O4S/c25-21-8-4-7-20(15-21)16-23(28-32-17-19-5-2-1-3-6-19)24(29)27-14-13-18-9-11-22(12-10-18)33(26,30)31/h1-12,15H,13-14,16-17H2,(H,27,29)(H2,26,30,31)/b28-23+. The third kappa shape index (κ3) is 8.12. The highest BCUT2D eigenvalue weighted by atomic mass is 79.9. The summed E-state index contributed by atoms with van der Waals surface area (Å²) in [6.45, 7) is 0.607. The molecule has 0 fully saturated rings. The molecule has 33 heavy (non-hydrogen) atoms. The number of sulfonamides is 1. The van der Waals surface area contributed by atoms with E-state index in [-0.39, 0.29) is 23.1 Å². The normalized spacial score (nSPS) is 11.8. The van der Waals surface area contributed by atoms with E-state index in [1.807, 2.05) is 54.6 Å². The first-order valence-corrected chi connectivity index (χ1v) is 12.5. The maximum atomic E-state index is 12.8. The summed E-state index contributed by atoms with van der Waals surface area (Å²) in [6, 6.07) is 23.5. The number of nitrogens with two attached hydrogens (primary N) is 1. The van der Waals surface area contributed by atoms with E-state index in [1.165, 1.54) is 12.1 Å². The Kier molecular flexibility index (Phi) is 8.76. The summed E-state index contributed by atoms with van der Waals surface area (Å²) in [5.41, 5.74) is 2.99. The minimum absolute atomic E-state index is 0.0503. The third-order valence-corrected chi connectivity index (χ3v) is 6.15. The molecular formula is C24H24BrN3O4S. The van der Waals surface area contributed by atoms with Crippen LogP contribution in [0.5, 0.6) is 0 Å². The van der Waals surface area contributed by atoms with E-state index < -0.39 is 10.0 Å². The largest absolute Gasteiger partial charge is 0.391 e. The summed E-state index contributed by atoms with van der Waals surface area (Å²) >= 11 is 3.44. The molecule has 0 heterocycles. The molecule has 0 saturated carbocycles. The number of carbonyl (C=O) groups is 1. The Morgan fingerprint density at radius 2 is 1.64 bits per heavy atom. The highest BCUT2D eigenvalue weighted by Crippen LogP contribution is 2.13. The Balaban J connectivity index is 1.62. The fourth-order valence-corrected chi connectivity index (χ4v) is 3.98. The molecule has 172 valence electrons. The van der Waals surface area contributed by atoms with Crippen molar-refractivity contribution in [3.05, 3.63) is 100 Å². The van der Waals surface area contributed by atoms with Gasteiger partial charge in [-0.2, -0.15) is 0 Å². The van der Waals surface area contributed by atoms with E-state index in [4.69, 9.17) is 9.98 Å². The Hall–Kier alpha value is -3.01. The SMILES string of the molecule is NS(=O)(=O)c1ccc(CCNC(=O)/C(Cc2cccc(Br)c2)=N/OCc2ccccc2)cc1. The molecule has 3 N–H and O–H groups in total. The summed E-state index contributed by atoms with van der Waals surface area (Å²) in [5.74, 6) is -0.329. The van der Waals surface area contributed by atoms with E-state index >= 15 is 0 Å². The predicted octanol–water partition coefficient (Wildman–Crippen LogP) is 3.57. The second kappa shape index (κ2) is 11.7.